The molecule has 2 amide bonds. The number of unbranched alkanes of at least 4 members (excludes halogenated alkanes) is 2. The second-order valence-electron chi connectivity index (χ2n) is 9.49. The zero-order chi connectivity index (χ0) is 25.2. The summed E-state index contributed by atoms with van der Waals surface area (Å²) >= 11 is 6.05. The third-order valence-electron chi connectivity index (χ3n) is 7.04. The predicted octanol–water partition coefficient (Wildman–Crippen LogP) is 2.98. The molecule has 2 fully saturated rings. The lowest BCUT2D eigenvalue weighted by Gasteiger charge is -2.29. The van der Waals surface area contributed by atoms with Gasteiger partial charge in [0.2, 0.25) is 17.6 Å². The number of imidazole rings is 1. The van der Waals surface area contributed by atoms with Crippen LogP contribution in [0, 0.1) is 0 Å². The number of aryl methyl sites for hydroxylation is 1. The molecule has 2 N–H and O–H groups in total. The number of fused-ring (bicyclic) bond motifs is 1. The molecule has 0 saturated carbocycles. The summed E-state index contributed by atoms with van der Waals surface area (Å²) in [6, 6.07) is 8.05. The lowest BCUT2D eigenvalue weighted by atomic mass is 10.1. The molecule has 0 spiro atoms. The molecule has 5 rings (SSSR count). The lowest BCUT2D eigenvalue weighted by Crippen LogP contribution is -2.49. The van der Waals surface area contributed by atoms with Gasteiger partial charge in [0, 0.05) is 42.5 Å². The van der Waals surface area contributed by atoms with Crippen molar-refractivity contribution < 1.29 is 9.59 Å². The molecule has 2 atom stereocenters. The van der Waals surface area contributed by atoms with Gasteiger partial charge in [0.25, 0.3) is 5.56 Å². The van der Waals surface area contributed by atoms with Crippen LogP contribution in [0.25, 0.3) is 17.0 Å². The first kappa shape index (κ1) is 24.4. The van der Waals surface area contributed by atoms with Crippen LogP contribution in [0.4, 0.5) is 5.82 Å². The molecule has 2 aromatic heterocycles. The fraction of sp³-hybridized carbons (Fsp3) is 0.462. The third-order valence-corrected chi connectivity index (χ3v) is 7.29. The van der Waals surface area contributed by atoms with E-state index < -0.39 is 12.1 Å². The quantitative estimate of drug-likeness (QED) is 0.454. The minimum atomic E-state index is -0.497. The molecule has 2 aliphatic rings. The summed E-state index contributed by atoms with van der Waals surface area (Å²) in [6.45, 7) is 4.06. The van der Waals surface area contributed by atoms with Crippen molar-refractivity contribution in [1.82, 2.24) is 24.6 Å². The molecule has 190 valence electrons. The number of aromatic nitrogens is 3. The van der Waals surface area contributed by atoms with Gasteiger partial charge in [-0.15, -0.1) is 0 Å². The molecule has 0 radical (unpaired) electrons. The van der Waals surface area contributed by atoms with E-state index in [9.17, 15) is 14.4 Å². The first-order valence-electron chi connectivity index (χ1n) is 12.7. The minimum Gasteiger partial charge on any atom is -0.354 e. The topological polar surface area (TPSA) is 101 Å². The van der Waals surface area contributed by atoms with Crippen LogP contribution in [0.2, 0.25) is 5.02 Å². The summed E-state index contributed by atoms with van der Waals surface area (Å²) in [5, 5.41) is 6.31. The Morgan fingerprint density at radius 2 is 2.00 bits per heavy atom. The number of amides is 2. The highest BCUT2D eigenvalue weighted by molar-refractivity contribution is 6.30. The van der Waals surface area contributed by atoms with E-state index >= 15 is 0 Å². The highest BCUT2D eigenvalue weighted by Crippen LogP contribution is 2.28. The normalized spacial score (nSPS) is 19.7. The largest absolute Gasteiger partial charge is 0.354 e. The number of halogens is 1. The van der Waals surface area contributed by atoms with Crippen molar-refractivity contribution in [2.24, 2.45) is 0 Å². The molecule has 3 aromatic rings. The molecule has 0 bridgehead atoms. The highest BCUT2D eigenvalue weighted by atomic mass is 35.5. The van der Waals surface area contributed by atoms with Crippen molar-refractivity contribution in [1.29, 1.82) is 0 Å². The molecule has 0 aliphatic carbocycles. The van der Waals surface area contributed by atoms with E-state index in [0.717, 1.165) is 31.2 Å². The Balaban J connectivity index is 1.53. The number of hydrogen-bond donors (Lipinski definition) is 2. The SMILES string of the molecule is CCCCCn1c(N2CCC[C@H]2C(=O)NC2CCNC2=O)cc(=O)n2cc(-c3ccc(Cl)cc3)nc12. The fourth-order valence-corrected chi connectivity index (χ4v) is 5.25. The summed E-state index contributed by atoms with van der Waals surface area (Å²) in [6.07, 6.45) is 6.88. The van der Waals surface area contributed by atoms with Crippen molar-refractivity contribution >= 4 is 35.0 Å². The van der Waals surface area contributed by atoms with Crippen molar-refractivity contribution in [2.45, 2.75) is 64.1 Å². The number of nitrogens with zero attached hydrogens (tertiary/aromatic N) is 4. The summed E-state index contributed by atoms with van der Waals surface area (Å²) in [4.78, 5) is 45.3. The Labute approximate surface area is 214 Å². The molecule has 2 saturated heterocycles. The predicted molar refractivity (Wildman–Crippen MR) is 139 cm³/mol. The Morgan fingerprint density at radius 1 is 1.19 bits per heavy atom. The van der Waals surface area contributed by atoms with E-state index in [1.165, 1.54) is 0 Å². The summed E-state index contributed by atoms with van der Waals surface area (Å²) in [5.74, 6) is 0.940. The van der Waals surface area contributed by atoms with Gasteiger partial charge in [-0.1, -0.05) is 43.5 Å². The Hall–Kier alpha value is -3.33. The number of rotatable bonds is 8. The van der Waals surface area contributed by atoms with E-state index in [1.54, 1.807) is 28.8 Å². The molecule has 36 heavy (non-hydrogen) atoms. The van der Waals surface area contributed by atoms with Gasteiger partial charge in [-0.3, -0.25) is 23.4 Å². The number of hydrogen-bond acceptors (Lipinski definition) is 5. The van der Waals surface area contributed by atoms with Crippen LogP contribution >= 0.6 is 11.6 Å². The maximum atomic E-state index is 13.2. The summed E-state index contributed by atoms with van der Waals surface area (Å²) in [5.41, 5.74) is 1.37. The molecule has 1 unspecified atom stereocenters. The van der Waals surface area contributed by atoms with Gasteiger partial charge >= 0.3 is 0 Å². The molecular weight excluding hydrogens is 480 g/mol. The zero-order valence-electron chi connectivity index (χ0n) is 20.4. The van der Waals surface area contributed by atoms with Crippen LogP contribution in [0.1, 0.15) is 45.4 Å². The summed E-state index contributed by atoms with van der Waals surface area (Å²) in [7, 11) is 0. The van der Waals surface area contributed by atoms with Gasteiger partial charge in [0.15, 0.2) is 0 Å². The zero-order valence-corrected chi connectivity index (χ0v) is 21.1. The highest BCUT2D eigenvalue weighted by Gasteiger charge is 2.36. The van der Waals surface area contributed by atoms with Gasteiger partial charge in [-0.25, -0.2) is 4.98 Å². The monoisotopic (exact) mass is 510 g/mol. The molecular formula is C26H31ClN6O3. The third kappa shape index (κ3) is 4.72. The number of carbonyl (C=O) groups excluding carboxylic acids is 2. The molecule has 2 aliphatic heterocycles. The fourth-order valence-electron chi connectivity index (χ4n) is 5.13. The first-order valence-corrected chi connectivity index (χ1v) is 13.1. The van der Waals surface area contributed by atoms with Gasteiger partial charge in [0.05, 0.1) is 5.69 Å². The average Bonchev–Trinajstić information content (AvgIpc) is 3.61. The smallest absolute Gasteiger partial charge is 0.261 e. The van der Waals surface area contributed by atoms with E-state index in [2.05, 4.69) is 22.1 Å². The van der Waals surface area contributed by atoms with Crippen molar-refractivity contribution in [3.63, 3.8) is 0 Å². The maximum Gasteiger partial charge on any atom is 0.261 e. The second kappa shape index (κ2) is 10.3. The van der Waals surface area contributed by atoms with Gasteiger partial charge < -0.3 is 15.5 Å². The standard InChI is InChI=1S/C26H31ClN6O3/c1-2-3-4-13-32-22(31-14-5-6-21(31)25(36)29-19-11-12-28-24(19)35)15-23(34)33-16-20(30-26(32)33)17-7-9-18(27)10-8-17/h7-10,15-16,19,21H,2-6,11-14H2,1H3,(H,28,35)(H,29,36)/t19?,21-/m0/s1. The maximum absolute atomic E-state index is 13.2. The molecule has 9 nitrogen and oxygen atoms in total. The average molecular weight is 511 g/mol. The summed E-state index contributed by atoms with van der Waals surface area (Å²) < 4.78 is 3.64. The van der Waals surface area contributed by atoms with Crippen LogP contribution in [0.15, 0.2) is 41.3 Å². The van der Waals surface area contributed by atoms with Gasteiger partial charge in [0.1, 0.15) is 17.9 Å². The van der Waals surface area contributed by atoms with Crippen LogP contribution in [-0.4, -0.2) is 50.9 Å². The van der Waals surface area contributed by atoms with Crippen LogP contribution in [-0.2, 0) is 16.1 Å². The van der Waals surface area contributed by atoms with Crippen molar-refractivity contribution in [3.05, 3.63) is 51.9 Å². The van der Waals surface area contributed by atoms with E-state index in [4.69, 9.17) is 16.6 Å². The molecule has 4 heterocycles. The minimum absolute atomic E-state index is 0.141. The van der Waals surface area contributed by atoms with Crippen LogP contribution < -0.4 is 21.1 Å². The Kier molecular flexibility index (Phi) is 7.00. The number of nitrogens with one attached hydrogen (secondary N) is 2. The van der Waals surface area contributed by atoms with Gasteiger partial charge in [-0.2, -0.15) is 0 Å². The molecule has 10 heteroatoms. The van der Waals surface area contributed by atoms with E-state index in [0.29, 0.717) is 54.8 Å². The van der Waals surface area contributed by atoms with Crippen molar-refractivity contribution in [2.75, 3.05) is 18.0 Å². The van der Waals surface area contributed by atoms with E-state index in [-0.39, 0.29) is 17.4 Å². The van der Waals surface area contributed by atoms with Crippen molar-refractivity contribution in [3.8, 4) is 11.3 Å². The molecule has 1 aromatic carbocycles. The number of anilines is 1. The van der Waals surface area contributed by atoms with E-state index in [1.807, 2.05) is 17.0 Å². The lowest BCUT2D eigenvalue weighted by molar-refractivity contribution is -0.128. The first-order chi connectivity index (χ1) is 17.5. The number of benzene rings is 1. The van der Waals surface area contributed by atoms with Crippen LogP contribution in [0.3, 0.4) is 0 Å². The van der Waals surface area contributed by atoms with Gasteiger partial charge in [-0.05, 0) is 37.8 Å². The van der Waals surface area contributed by atoms with Crippen LogP contribution in [0.5, 0.6) is 0 Å². The Morgan fingerprint density at radius 3 is 2.72 bits per heavy atom. The Bertz CT molecular complexity index is 1330. The number of carbonyl (C=O) groups is 2. The second-order valence-corrected chi connectivity index (χ2v) is 9.93.